The Morgan fingerprint density at radius 3 is 2.74 bits per heavy atom. The van der Waals surface area contributed by atoms with Gasteiger partial charge in [-0.3, -0.25) is 0 Å². The smallest absolute Gasteiger partial charge is 0.240 e. The highest BCUT2D eigenvalue weighted by Gasteiger charge is 2.22. The molecule has 0 bridgehead atoms. The van der Waals surface area contributed by atoms with E-state index in [1.165, 1.54) is 0 Å². The number of hydrogen-bond donors (Lipinski definition) is 1. The molecule has 1 aromatic carbocycles. The van der Waals surface area contributed by atoms with Gasteiger partial charge in [-0.1, -0.05) is 11.6 Å². The molecule has 1 saturated heterocycles. The zero-order valence-electron chi connectivity index (χ0n) is 11.1. The van der Waals surface area contributed by atoms with Crippen molar-refractivity contribution in [1.82, 2.24) is 4.72 Å². The molecule has 4 nitrogen and oxygen atoms in total. The third-order valence-electron chi connectivity index (χ3n) is 3.27. The Labute approximate surface area is 119 Å². The second-order valence-corrected chi connectivity index (χ2v) is 7.00. The standard InChI is InChI=1S/C13H18ClNO3S/c1-9-7-13(10(2)6-12(9)14)19(16,17)15-8-11-4-3-5-18-11/h6-7,11,15H,3-5,8H2,1-2H3. The summed E-state index contributed by atoms with van der Waals surface area (Å²) in [5, 5.41) is 0.579. The average molecular weight is 304 g/mol. The van der Waals surface area contributed by atoms with E-state index in [0.29, 0.717) is 23.7 Å². The Hall–Kier alpha value is -0.620. The van der Waals surface area contributed by atoms with Crippen molar-refractivity contribution < 1.29 is 13.2 Å². The number of ether oxygens (including phenoxy) is 1. The van der Waals surface area contributed by atoms with E-state index in [0.717, 1.165) is 18.4 Å². The second-order valence-electron chi connectivity index (χ2n) is 4.85. The molecule has 0 aromatic heterocycles. The van der Waals surface area contributed by atoms with Crippen molar-refractivity contribution in [2.75, 3.05) is 13.2 Å². The third-order valence-corrected chi connectivity index (χ3v) is 5.24. The first-order valence-electron chi connectivity index (χ1n) is 6.28. The van der Waals surface area contributed by atoms with Crippen LogP contribution in [-0.2, 0) is 14.8 Å². The fraction of sp³-hybridized carbons (Fsp3) is 0.538. The molecule has 0 spiro atoms. The van der Waals surface area contributed by atoms with Crippen LogP contribution in [0.4, 0.5) is 0 Å². The molecule has 6 heteroatoms. The third kappa shape index (κ3) is 3.48. The molecule has 0 saturated carbocycles. The van der Waals surface area contributed by atoms with Gasteiger partial charge in [0, 0.05) is 18.2 Å². The Morgan fingerprint density at radius 2 is 2.11 bits per heavy atom. The second kappa shape index (κ2) is 5.79. The molecule has 106 valence electrons. The van der Waals surface area contributed by atoms with Crippen LogP contribution < -0.4 is 4.72 Å². The van der Waals surface area contributed by atoms with Crippen molar-refractivity contribution in [2.45, 2.75) is 37.7 Å². The maximum atomic E-state index is 12.3. The van der Waals surface area contributed by atoms with Crippen LogP contribution in [0.5, 0.6) is 0 Å². The van der Waals surface area contributed by atoms with E-state index in [1.807, 2.05) is 0 Å². The fourth-order valence-corrected chi connectivity index (χ4v) is 3.72. The molecule has 19 heavy (non-hydrogen) atoms. The van der Waals surface area contributed by atoms with Gasteiger partial charge in [0.15, 0.2) is 0 Å². The first-order chi connectivity index (χ1) is 8.90. The zero-order chi connectivity index (χ0) is 14.0. The van der Waals surface area contributed by atoms with Crippen molar-refractivity contribution in [3.63, 3.8) is 0 Å². The first kappa shape index (κ1) is 14.8. The predicted molar refractivity (Wildman–Crippen MR) is 75.1 cm³/mol. The van der Waals surface area contributed by atoms with Gasteiger partial charge in [0.05, 0.1) is 11.0 Å². The summed E-state index contributed by atoms with van der Waals surface area (Å²) in [5.74, 6) is 0. The summed E-state index contributed by atoms with van der Waals surface area (Å²) in [5.41, 5.74) is 1.40. The maximum Gasteiger partial charge on any atom is 0.240 e. The van der Waals surface area contributed by atoms with E-state index in [4.69, 9.17) is 16.3 Å². The summed E-state index contributed by atoms with van der Waals surface area (Å²) in [4.78, 5) is 0.285. The molecule has 1 fully saturated rings. The number of rotatable bonds is 4. The van der Waals surface area contributed by atoms with Crippen molar-refractivity contribution >= 4 is 21.6 Å². The van der Waals surface area contributed by atoms with Gasteiger partial charge in [-0.05, 0) is 49.9 Å². The van der Waals surface area contributed by atoms with Crippen LogP contribution in [-0.4, -0.2) is 27.7 Å². The fourth-order valence-electron chi connectivity index (χ4n) is 2.13. The number of nitrogens with one attached hydrogen (secondary N) is 1. The number of halogens is 1. The molecule has 1 aliphatic rings. The summed E-state index contributed by atoms with van der Waals surface area (Å²) in [6, 6.07) is 3.28. The van der Waals surface area contributed by atoms with E-state index in [2.05, 4.69) is 4.72 Å². The zero-order valence-corrected chi connectivity index (χ0v) is 12.6. The van der Waals surface area contributed by atoms with Crippen LogP contribution in [0.2, 0.25) is 5.02 Å². The van der Waals surface area contributed by atoms with Crippen molar-refractivity contribution in [2.24, 2.45) is 0 Å². The van der Waals surface area contributed by atoms with E-state index in [9.17, 15) is 8.42 Å². The lowest BCUT2D eigenvalue weighted by Gasteiger charge is -2.13. The molecule has 1 atom stereocenters. The molecule has 1 heterocycles. The molecule has 1 N–H and O–H groups in total. The average Bonchev–Trinajstić information content (AvgIpc) is 2.84. The molecule has 0 amide bonds. The minimum absolute atomic E-state index is 0.0107. The summed E-state index contributed by atoms with van der Waals surface area (Å²) in [6.45, 7) is 4.57. The lowest BCUT2D eigenvalue weighted by atomic mass is 10.2. The highest BCUT2D eigenvalue weighted by Crippen LogP contribution is 2.24. The number of hydrogen-bond acceptors (Lipinski definition) is 3. The van der Waals surface area contributed by atoms with Crippen molar-refractivity contribution in [3.8, 4) is 0 Å². The van der Waals surface area contributed by atoms with Crippen LogP contribution in [0.1, 0.15) is 24.0 Å². The first-order valence-corrected chi connectivity index (χ1v) is 8.14. The number of benzene rings is 1. The molecule has 1 aliphatic heterocycles. The normalized spacial score (nSPS) is 19.8. The van der Waals surface area contributed by atoms with Gasteiger partial charge >= 0.3 is 0 Å². The lowest BCUT2D eigenvalue weighted by Crippen LogP contribution is -2.32. The van der Waals surface area contributed by atoms with Gasteiger partial charge in [0.25, 0.3) is 0 Å². The Bertz CT molecular complexity index is 565. The highest BCUT2D eigenvalue weighted by molar-refractivity contribution is 7.89. The summed E-state index contributed by atoms with van der Waals surface area (Å²) >= 11 is 5.98. The van der Waals surface area contributed by atoms with Gasteiger partial charge in [-0.15, -0.1) is 0 Å². The monoisotopic (exact) mass is 303 g/mol. The van der Waals surface area contributed by atoms with E-state index < -0.39 is 10.0 Å². The number of sulfonamides is 1. The molecule has 1 aromatic rings. The van der Waals surface area contributed by atoms with E-state index in [-0.39, 0.29) is 11.0 Å². The van der Waals surface area contributed by atoms with Gasteiger partial charge in [-0.2, -0.15) is 0 Å². The molecule has 0 radical (unpaired) electrons. The Balaban J connectivity index is 2.16. The molecular formula is C13H18ClNO3S. The quantitative estimate of drug-likeness (QED) is 0.929. The molecule has 2 rings (SSSR count). The molecule has 0 aliphatic carbocycles. The van der Waals surface area contributed by atoms with Crippen LogP contribution in [0, 0.1) is 13.8 Å². The topological polar surface area (TPSA) is 55.4 Å². The van der Waals surface area contributed by atoms with Crippen LogP contribution in [0.3, 0.4) is 0 Å². The highest BCUT2D eigenvalue weighted by atomic mass is 35.5. The Morgan fingerprint density at radius 1 is 1.37 bits per heavy atom. The summed E-state index contributed by atoms with van der Waals surface area (Å²) in [7, 11) is -3.51. The number of aryl methyl sites for hydroxylation is 2. The van der Waals surface area contributed by atoms with Crippen molar-refractivity contribution in [3.05, 3.63) is 28.3 Å². The molecule has 1 unspecified atom stereocenters. The van der Waals surface area contributed by atoms with Gasteiger partial charge in [0.2, 0.25) is 10.0 Å². The SMILES string of the molecule is Cc1cc(S(=O)(=O)NCC2CCCO2)c(C)cc1Cl. The van der Waals surface area contributed by atoms with Crippen LogP contribution in [0.25, 0.3) is 0 Å². The lowest BCUT2D eigenvalue weighted by molar-refractivity contribution is 0.114. The molecular weight excluding hydrogens is 286 g/mol. The Kier molecular flexibility index (Phi) is 4.50. The van der Waals surface area contributed by atoms with Crippen LogP contribution >= 0.6 is 11.6 Å². The predicted octanol–water partition coefficient (Wildman–Crippen LogP) is 2.41. The van der Waals surface area contributed by atoms with Crippen molar-refractivity contribution in [1.29, 1.82) is 0 Å². The van der Waals surface area contributed by atoms with Gasteiger partial charge in [0.1, 0.15) is 0 Å². The summed E-state index contributed by atoms with van der Waals surface area (Å²) in [6.07, 6.45) is 1.88. The minimum Gasteiger partial charge on any atom is -0.377 e. The maximum absolute atomic E-state index is 12.3. The van der Waals surface area contributed by atoms with E-state index in [1.54, 1.807) is 26.0 Å². The van der Waals surface area contributed by atoms with Gasteiger partial charge < -0.3 is 4.74 Å². The largest absolute Gasteiger partial charge is 0.377 e. The van der Waals surface area contributed by atoms with Crippen LogP contribution in [0.15, 0.2) is 17.0 Å². The van der Waals surface area contributed by atoms with E-state index >= 15 is 0 Å². The minimum atomic E-state index is -3.51. The summed E-state index contributed by atoms with van der Waals surface area (Å²) < 4.78 is 32.5. The van der Waals surface area contributed by atoms with Gasteiger partial charge in [-0.25, -0.2) is 13.1 Å².